The van der Waals surface area contributed by atoms with E-state index >= 15 is 0 Å². The zero-order valence-electron chi connectivity index (χ0n) is 9.55. The number of rotatable bonds is 5. The highest BCUT2D eigenvalue weighted by Crippen LogP contribution is 2.35. The van der Waals surface area contributed by atoms with Crippen LogP contribution in [0.2, 0.25) is 0 Å². The van der Waals surface area contributed by atoms with E-state index in [1.165, 1.54) is 18.4 Å². The fraction of sp³-hybridized carbons (Fsp3) is 0.538. The van der Waals surface area contributed by atoms with E-state index in [2.05, 4.69) is 24.4 Å². The van der Waals surface area contributed by atoms with Crippen molar-refractivity contribution in [3.05, 3.63) is 29.8 Å². The van der Waals surface area contributed by atoms with Crippen molar-refractivity contribution in [1.29, 1.82) is 0 Å². The molecule has 0 radical (unpaired) electrons. The third-order valence-corrected chi connectivity index (χ3v) is 2.98. The van der Waals surface area contributed by atoms with Gasteiger partial charge in [0, 0.05) is 17.6 Å². The molecule has 0 bridgehead atoms. The van der Waals surface area contributed by atoms with Gasteiger partial charge in [0.25, 0.3) is 0 Å². The molecule has 2 heteroatoms. The van der Waals surface area contributed by atoms with Crippen molar-refractivity contribution >= 4 is 0 Å². The largest absolute Gasteiger partial charge is 0.494 e. The molecule has 0 unspecified atom stereocenters. The zero-order valence-corrected chi connectivity index (χ0v) is 9.55. The molecule has 1 aromatic carbocycles. The van der Waals surface area contributed by atoms with Crippen molar-refractivity contribution in [2.45, 2.75) is 38.8 Å². The average Bonchev–Trinajstić information content (AvgIpc) is 2.97. The Bertz CT molecular complexity index is 331. The van der Waals surface area contributed by atoms with Crippen LogP contribution >= 0.6 is 0 Å². The van der Waals surface area contributed by atoms with Crippen molar-refractivity contribution in [2.24, 2.45) is 0 Å². The molecular formula is C13H19NO. The summed E-state index contributed by atoms with van der Waals surface area (Å²) in [6, 6.07) is 8.25. The fourth-order valence-corrected chi connectivity index (χ4v) is 1.62. The third kappa shape index (κ3) is 2.72. The zero-order chi connectivity index (χ0) is 10.7. The molecule has 2 nitrogen and oxygen atoms in total. The van der Waals surface area contributed by atoms with Gasteiger partial charge in [0.1, 0.15) is 5.75 Å². The van der Waals surface area contributed by atoms with Gasteiger partial charge >= 0.3 is 0 Å². The molecule has 1 aliphatic carbocycles. The Hall–Kier alpha value is -1.02. The molecule has 0 amide bonds. The molecule has 1 saturated carbocycles. The van der Waals surface area contributed by atoms with Crippen LogP contribution < -0.4 is 10.1 Å². The molecule has 1 fully saturated rings. The quantitative estimate of drug-likeness (QED) is 0.798. The van der Waals surface area contributed by atoms with E-state index in [0.717, 1.165) is 18.9 Å². The summed E-state index contributed by atoms with van der Waals surface area (Å²) in [5.41, 5.74) is 1.65. The first kappa shape index (κ1) is 10.5. The van der Waals surface area contributed by atoms with Gasteiger partial charge in [-0.3, -0.25) is 0 Å². The number of hydrogen-bond donors (Lipinski definition) is 1. The molecule has 2 rings (SSSR count). The molecular weight excluding hydrogens is 186 g/mol. The maximum atomic E-state index is 5.58. The van der Waals surface area contributed by atoms with E-state index in [0.29, 0.717) is 5.54 Å². The lowest BCUT2D eigenvalue weighted by Crippen LogP contribution is -2.27. The van der Waals surface area contributed by atoms with Crippen LogP contribution in [0, 0.1) is 0 Å². The Morgan fingerprint density at radius 2 is 2.07 bits per heavy atom. The summed E-state index contributed by atoms with van der Waals surface area (Å²) < 4.78 is 5.58. The molecule has 1 aromatic rings. The molecule has 0 aliphatic heterocycles. The van der Waals surface area contributed by atoms with Gasteiger partial charge in [0.05, 0.1) is 6.61 Å². The first-order valence-corrected chi connectivity index (χ1v) is 5.69. The van der Waals surface area contributed by atoms with Crippen molar-refractivity contribution in [1.82, 2.24) is 5.32 Å². The summed E-state index contributed by atoms with van der Waals surface area (Å²) in [5, 5.41) is 3.57. The summed E-state index contributed by atoms with van der Waals surface area (Å²) in [6.45, 7) is 5.93. The Labute approximate surface area is 91.6 Å². The predicted octanol–water partition coefficient (Wildman–Crippen LogP) is 2.73. The molecule has 1 N–H and O–H groups in total. The van der Waals surface area contributed by atoms with Crippen LogP contribution in [0.5, 0.6) is 5.75 Å². The lowest BCUT2D eigenvalue weighted by molar-refractivity contribution is 0.334. The Balaban J connectivity index is 1.99. The van der Waals surface area contributed by atoms with E-state index in [9.17, 15) is 0 Å². The van der Waals surface area contributed by atoms with Gasteiger partial charge in [-0.25, -0.2) is 0 Å². The minimum absolute atomic E-state index is 0.388. The van der Waals surface area contributed by atoms with Crippen molar-refractivity contribution in [2.75, 3.05) is 6.61 Å². The van der Waals surface area contributed by atoms with Gasteiger partial charge in [0.15, 0.2) is 0 Å². The number of para-hydroxylation sites is 1. The first-order chi connectivity index (χ1) is 7.23. The van der Waals surface area contributed by atoms with Crippen molar-refractivity contribution in [3.63, 3.8) is 0 Å². The summed E-state index contributed by atoms with van der Waals surface area (Å²) in [7, 11) is 0. The van der Waals surface area contributed by atoms with Gasteiger partial charge in [-0.05, 0) is 32.8 Å². The summed E-state index contributed by atoms with van der Waals surface area (Å²) in [4.78, 5) is 0. The smallest absolute Gasteiger partial charge is 0.123 e. The minimum atomic E-state index is 0.388. The first-order valence-electron chi connectivity index (χ1n) is 5.69. The summed E-state index contributed by atoms with van der Waals surface area (Å²) >= 11 is 0. The SMILES string of the molecule is CCOc1ccccc1CNC1(C)CC1. The van der Waals surface area contributed by atoms with Crippen LogP contribution in [-0.2, 0) is 6.54 Å². The molecule has 0 spiro atoms. The lowest BCUT2D eigenvalue weighted by atomic mass is 10.2. The number of ether oxygens (including phenoxy) is 1. The molecule has 0 aromatic heterocycles. The van der Waals surface area contributed by atoms with Crippen LogP contribution in [0.1, 0.15) is 32.3 Å². The average molecular weight is 205 g/mol. The normalized spacial score (nSPS) is 17.5. The summed E-state index contributed by atoms with van der Waals surface area (Å²) in [6.07, 6.45) is 2.59. The lowest BCUT2D eigenvalue weighted by Gasteiger charge is -2.14. The molecule has 0 heterocycles. The third-order valence-electron chi connectivity index (χ3n) is 2.98. The summed E-state index contributed by atoms with van der Waals surface area (Å²) in [5.74, 6) is 1.01. The van der Waals surface area contributed by atoms with Gasteiger partial charge in [-0.15, -0.1) is 0 Å². The van der Waals surface area contributed by atoms with E-state index in [-0.39, 0.29) is 0 Å². The Kier molecular flexibility index (Phi) is 2.96. The second-order valence-electron chi connectivity index (χ2n) is 4.45. The fourth-order valence-electron chi connectivity index (χ4n) is 1.62. The monoisotopic (exact) mass is 205 g/mol. The molecule has 82 valence electrons. The van der Waals surface area contributed by atoms with E-state index in [1.807, 2.05) is 19.1 Å². The predicted molar refractivity (Wildman–Crippen MR) is 62.1 cm³/mol. The highest BCUT2D eigenvalue weighted by Gasteiger charge is 2.36. The second-order valence-corrected chi connectivity index (χ2v) is 4.45. The minimum Gasteiger partial charge on any atom is -0.494 e. The van der Waals surface area contributed by atoms with Crippen molar-refractivity contribution in [3.8, 4) is 5.75 Å². The highest BCUT2D eigenvalue weighted by molar-refractivity contribution is 5.33. The standard InChI is InChI=1S/C13H19NO/c1-3-15-12-7-5-4-6-11(12)10-14-13(2)8-9-13/h4-7,14H,3,8-10H2,1-2H3. The highest BCUT2D eigenvalue weighted by atomic mass is 16.5. The number of benzene rings is 1. The maximum absolute atomic E-state index is 5.58. The Morgan fingerprint density at radius 1 is 1.33 bits per heavy atom. The topological polar surface area (TPSA) is 21.3 Å². The van der Waals surface area contributed by atoms with Crippen LogP contribution in [0.25, 0.3) is 0 Å². The second kappa shape index (κ2) is 4.23. The van der Waals surface area contributed by atoms with Gasteiger partial charge in [0.2, 0.25) is 0 Å². The van der Waals surface area contributed by atoms with Gasteiger partial charge in [-0.2, -0.15) is 0 Å². The Morgan fingerprint density at radius 3 is 2.73 bits per heavy atom. The molecule has 1 aliphatic rings. The van der Waals surface area contributed by atoms with Crippen LogP contribution in [0.15, 0.2) is 24.3 Å². The van der Waals surface area contributed by atoms with E-state index < -0.39 is 0 Å². The van der Waals surface area contributed by atoms with Crippen LogP contribution in [0.4, 0.5) is 0 Å². The van der Waals surface area contributed by atoms with Gasteiger partial charge in [-0.1, -0.05) is 18.2 Å². The van der Waals surface area contributed by atoms with Crippen LogP contribution in [0.3, 0.4) is 0 Å². The maximum Gasteiger partial charge on any atom is 0.123 e. The van der Waals surface area contributed by atoms with Crippen LogP contribution in [-0.4, -0.2) is 12.1 Å². The number of hydrogen-bond acceptors (Lipinski definition) is 2. The number of nitrogens with one attached hydrogen (secondary N) is 1. The van der Waals surface area contributed by atoms with E-state index in [1.54, 1.807) is 0 Å². The van der Waals surface area contributed by atoms with E-state index in [4.69, 9.17) is 4.74 Å². The van der Waals surface area contributed by atoms with Gasteiger partial charge < -0.3 is 10.1 Å². The molecule has 0 atom stereocenters. The molecule has 0 saturated heterocycles. The van der Waals surface area contributed by atoms with Crippen molar-refractivity contribution < 1.29 is 4.74 Å². The molecule has 15 heavy (non-hydrogen) atoms.